The van der Waals surface area contributed by atoms with Gasteiger partial charge in [-0.15, -0.1) is 0 Å². The molecule has 0 amide bonds. The molecule has 7 nitrogen and oxygen atoms in total. The minimum Gasteiger partial charge on any atom is -0.506 e. The highest BCUT2D eigenvalue weighted by molar-refractivity contribution is 7.86. The Morgan fingerprint density at radius 3 is 2.52 bits per heavy atom. The molecule has 0 aliphatic heterocycles. The topological polar surface area (TPSA) is 131 Å². The van der Waals surface area contributed by atoms with Gasteiger partial charge in [-0.3, -0.25) is 9.35 Å². The number of aromatic nitrogens is 1. The highest BCUT2D eigenvalue weighted by atomic mass is 32.2. The summed E-state index contributed by atoms with van der Waals surface area (Å²) in [5, 5.41) is 19.8. The van der Waals surface area contributed by atoms with E-state index < -0.39 is 32.0 Å². The number of phenolic OH excluding ortho intramolecular Hbond substituents is 1. The molecule has 3 aromatic rings. The Morgan fingerprint density at radius 2 is 1.89 bits per heavy atom. The lowest BCUT2D eigenvalue weighted by atomic mass is 9.71. The van der Waals surface area contributed by atoms with E-state index in [1.807, 2.05) is 19.9 Å². The molecule has 0 bridgehead atoms. The van der Waals surface area contributed by atoms with Gasteiger partial charge in [0.05, 0.1) is 17.2 Å². The fourth-order valence-corrected chi connectivity index (χ4v) is 4.31. The van der Waals surface area contributed by atoms with E-state index in [4.69, 9.17) is 5.26 Å². The van der Waals surface area contributed by atoms with Crippen LogP contribution in [0.4, 0.5) is 0 Å². The Kier molecular flexibility index (Phi) is 3.32. The SMILES string of the molecule is CC1(C)c2cc(O)c(S(=O)(=O)O)cc2C(=O)c2c1[nH]c1cc(C#N)ccc21. The molecular weight excluding hydrogens is 368 g/mol. The van der Waals surface area contributed by atoms with Crippen LogP contribution < -0.4 is 0 Å². The molecule has 1 aliphatic rings. The second-order valence-electron chi connectivity index (χ2n) is 7.04. The van der Waals surface area contributed by atoms with Crippen LogP contribution in [0.15, 0.2) is 35.2 Å². The van der Waals surface area contributed by atoms with Gasteiger partial charge in [0.2, 0.25) is 0 Å². The summed E-state index contributed by atoms with van der Waals surface area (Å²) < 4.78 is 32.4. The number of phenols is 1. The zero-order chi connectivity index (χ0) is 19.7. The van der Waals surface area contributed by atoms with Crippen LogP contribution in [0.2, 0.25) is 0 Å². The van der Waals surface area contributed by atoms with E-state index in [0.29, 0.717) is 33.3 Å². The highest BCUT2D eigenvalue weighted by Gasteiger charge is 2.41. The predicted octanol–water partition coefficient (Wildman–Crippen LogP) is 2.86. The number of carbonyl (C=O) groups excluding carboxylic acids is 1. The van der Waals surface area contributed by atoms with Crippen molar-refractivity contribution in [2.45, 2.75) is 24.2 Å². The maximum Gasteiger partial charge on any atom is 0.298 e. The minimum atomic E-state index is -4.69. The Labute approximate surface area is 154 Å². The Hall–Kier alpha value is -3.15. The third-order valence-electron chi connectivity index (χ3n) is 5.07. The van der Waals surface area contributed by atoms with Gasteiger partial charge < -0.3 is 10.1 Å². The molecular formula is C19H14N2O5S. The van der Waals surface area contributed by atoms with Crippen LogP contribution in [0, 0.1) is 11.3 Å². The van der Waals surface area contributed by atoms with E-state index in [1.54, 1.807) is 18.2 Å². The molecule has 136 valence electrons. The van der Waals surface area contributed by atoms with E-state index >= 15 is 0 Å². The van der Waals surface area contributed by atoms with Crippen molar-refractivity contribution in [1.29, 1.82) is 5.26 Å². The summed E-state index contributed by atoms with van der Waals surface area (Å²) in [5.74, 6) is -1.04. The van der Waals surface area contributed by atoms with Crippen molar-refractivity contribution in [1.82, 2.24) is 4.98 Å². The molecule has 0 saturated carbocycles. The van der Waals surface area contributed by atoms with Crippen LogP contribution in [-0.4, -0.2) is 28.8 Å². The first-order valence-corrected chi connectivity index (χ1v) is 9.45. The number of nitriles is 1. The smallest absolute Gasteiger partial charge is 0.298 e. The molecule has 1 aliphatic carbocycles. The molecule has 0 saturated heterocycles. The van der Waals surface area contributed by atoms with Crippen LogP contribution in [0.1, 0.15) is 46.6 Å². The number of ketones is 1. The summed E-state index contributed by atoms with van der Waals surface area (Å²) in [4.78, 5) is 15.7. The molecule has 1 heterocycles. The molecule has 0 fully saturated rings. The van der Waals surface area contributed by atoms with E-state index in [0.717, 1.165) is 6.07 Å². The van der Waals surface area contributed by atoms with E-state index in [2.05, 4.69) is 4.98 Å². The van der Waals surface area contributed by atoms with Crippen molar-refractivity contribution in [2.75, 3.05) is 0 Å². The van der Waals surface area contributed by atoms with Gasteiger partial charge in [0.25, 0.3) is 10.1 Å². The average molecular weight is 382 g/mol. The first-order valence-electron chi connectivity index (χ1n) is 8.01. The van der Waals surface area contributed by atoms with Gasteiger partial charge in [-0.1, -0.05) is 19.9 Å². The number of hydrogen-bond donors (Lipinski definition) is 3. The number of fused-ring (bicyclic) bond motifs is 4. The van der Waals surface area contributed by atoms with Gasteiger partial charge in [0, 0.05) is 27.6 Å². The maximum atomic E-state index is 13.2. The fourth-order valence-electron chi connectivity index (χ4n) is 3.72. The van der Waals surface area contributed by atoms with E-state index in [-0.39, 0.29) is 5.56 Å². The lowest BCUT2D eigenvalue weighted by Crippen LogP contribution is -2.30. The Balaban J connectivity index is 2.09. The molecule has 8 heteroatoms. The van der Waals surface area contributed by atoms with Crippen molar-refractivity contribution in [3.63, 3.8) is 0 Å². The van der Waals surface area contributed by atoms with Crippen LogP contribution in [0.5, 0.6) is 5.75 Å². The third-order valence-corrected chi connectivity index (χ3v) is 5.96. The average Bonchev–Trinajstić information content (AvgIpc) is 2.98. The standard InChI is InChI=1S/C19H14N2O5S/c1-19(2)12-7-14(22)15(27(24,25)26)6-11(12)17(23)16-10-4-3-9(8-20)5-13(10)21-18(16)19/h3-7,21-22H,1-2H3,(H,24,25,26). The Morgan fingerprint density at radius 1 is 1.19 bits per heavy atom. The number of nitrogens with one attached hydrogen (secondary N) is 1. The summed E-state index contributed by atoms with van der Waals surface area (Å²) in [6.45, 7) is 3.68. The van der Waals surface area contributed by atoms with Crippen molar-refractivity contribution in [3.8, 4) is 11.8 Å². The van der Waals surface area contributed by atoms with Crippen LogP contribution in [0.3, 0.4) is 0 Å². The van der Waals surface area contributed by atoms with Crippen molar-refractivity contribution < 1.29 is 22.9 Å². The zero-order valence-electron chi connectivity index (χ0n) is 14.4. The number of rotatable bonds is 1. The number of benzene rings is 2. The predicted molar refractivity (Wildman–Crippen MR) is 96.5 cm³/mol. The molecule has 4 rings (SSSR count). The minimum absolute atomic E-state index is 0.100. The first-order chi connectivity index (χ1) is 12.6. The number of aromatic amines is 1. The van der Waals surface area contributed by atoms with E-state index in [9.17, 15) is 22.9 Å². The van der Waals surface area contributed by atoms with Gasteiger partial charge in [0.1, 0.15) is 10.6 Å². The highest BCUT2D eigenvalue weighted by Crippen LogP contribution is 2.45. The number of aromatic hydroxyl groups is 1. The van der Waals surface area contributed by atoms with Gasteiger partial charge in [0.15, 0.2) is 5.78 Å². The number of H-pyrrole nitrogens is 1. The largest absolute Gasteiger partial charge is 0.506 e. The van der Waals surface area contributed by atoms with Gasteiger partial charge in [-0.05, 0) is 29.8 Å². The van der Waals surface area contributed by atoms with Crippen LogP contribution >= 0.6 is 0 Å². The van der Waals surface area contributed by atoms with Crippen LogP contribution in [-0.2, 0) is 15.5 Å². The van der Waals surface area contributed by atoms with E-state index in [1.165, 1.54) is 6.07 Å². The molecule has 27 heavy (non-hydrogen) atoms. The normalized spacial score (nSPS) is 15.3. The lowest BCUT2D eigenvalue weighted by molar-refractivity contribution is 0.103. The first kappa shape index (κ1) is 17.3. The quantitative estimate of drug-likeness (QED) is 0.555. The summed E-state index contributed by atoms with van der Waals surface area (Å²) in [7, 11) is -4.69. The molecule has 2 aromatic carbocycles. The number of nitrogens with zero attached hydrogens (tertiary/aromatic N) is 1. The van der Waals surface area contributed by atoms with Gasteiger partial charge in [-0.2, -0.15) is 13.7 Å². The van der Waals surface area contributed by atoms with Crippen LogP contribution in [0.25, 0.3) is 10.9 Å². The van der Waals surface area contributed by atoms with Gasteiger partial charge in [-0.25, -0.2) is 0 Å². The lowest BCUT2D eigenvalue weighted by Gasteiger charge is -2.32. The van der Waals surface area contributed by atoms with Gasteiger partial charge >= 0.3 is 0 Å². The maximum absolute atomic E-state index is 13.2. The summed E-state index contributed by atoms with van der Waals surface area (Å²) >= 11 is 0. The Bertz CT molecular complexity index is 1310. The number of carbonyl (C=O) groups is 1. The molecule has 0 spiro atoms. The number of hydrogen-bond acceptors (Lipinski definition) is 5. The van der Waals surface area contributed by atoms with Crippen molar-refractivity contribution >= 4 is 26.8 Å². The summed E-state index contributed by atoms with van der Waals surface area (Å²) in [6.07, 6.45) is 0. The molecule has 0 unspecified atom stereocenters. The zero-order valence-corrected chi connectivity index (χ0v) is 15.2. The molecule has 0 atom stereocenters. The molecule has 1 aromatic heterocycles. The second-order valence-corrected chi connectivity index (χ2v) is 8.43. The molecule has 0 radical (unpaired) electrons. The fraction of sp³-hybridized carbons (Fsp3) is 0.158. The molecule has 3 N–H and O–H groups in total. The summed E-state index contributed by atoms with van der Waals surface area (Å²) in [5.41, 5.74) is 1.85. The van der Waals surface area contributed by atoms with Crippen molar-refractivity contribution in [3.05, 3.63) is 58.3 Å². The monoisotopic (exact) mass is 382 g/mol. The van der Waals surface area contributed by atoms with Crippen molar-refractivity contribution in [2.24, 2.45) is 0 Å². The summed E-state index contributed by atoms with van der Waals surface area (Å²) in [6, 6.07) is 9.18. The second kappa shape index (κ2) is 5.19. The third kappa shape index (κ3) is 2.29.